The van der Waals surface area contributed by atoms with E-state index in [2.05, 4.69) is 52.2 Å². The SMILES string of the molecule is CNC(c1ccc2c(c1)COC2)c1cc(Cl)ccc1I. The Bertz CT molecular complexity index is 644. The van der Waals surface area contributed by atoms with Crippen molar-refractivity contribution in [3.8, 4) is 0 Å². The number of benzene rings is 2. The quantitative estimate of drug-likeness (QED) is 0.778. The van der Waals surface area contributed by atoms with Gasteiger partial charge in [-0.1, -0.05) is 29.8 Å². The summed E-state index contributed by atoms with van der Waals surface area (Å²) in [6, 6.07) is 12.7. The predicted octanol–water partition coefficient (Wildman–Crippen LogP) is 4.28. The zero-order chi connectivity index (χ0) is 14.1. The van der Waals surface area contributed by atoms with Gasteiger partial charge in [-0.15, -0.1) is 0 Å². The van der Waals surface area contributed by atoms with Gasteiger partial charge in [0.25, 0.3) is 0 Å². The highest BCUT2D eigenvalue weighted by Crippen LogP contribution is 2.31. The summed E-state index contributed by atoms with van der Waals surface area (Å²) < 4.78 is 6.70. The van der Waals surface area contributed by atoms with E-state index in [1.54, 1.807) is 0 Å². The molecule has 1 N–H and O–H groups in total. The first-order valence-corrected chi connectivity index (χ1v) is 7.96. The molecule has 0 aliphatic carbocycles. The first-order chi connectivity index (χ1) is 9.69. The van der Waals surface area contributed by atoms with Gasteiger partial charge in [0, 0.05) is 8.59 Å². The van der Waals surface area contributed by atoms with Crippen LogP contribution < -0.4 is 5.32 Å². The lowest BCUT2D eigenvalue weighted by Crippen LogP contribution is -2.19. The van der Waals surface area contributed by atoms with Crippen molar-refractivity contribution < 1.29 is 4.74 Å². The summed E-state index contributed by atoms with van der Waals surface area (Å²) >= 11 is 8.50. The van der Waals surface area contributed by atoms with Crippen LogP contribution in [0.2, 0.25) is 5.02 Å². The van der Waals surface area contributed by atoms with Crippen molar-refractivity contribution in [2.45, 2.75) is 19.3 Å². The van der Waals surface area contributed by atoms with Gasteiger partial charge in [-0.25, -0.2) is 0 Å². The molecule has 20 heavy (non-hydrogen) atoms. The maximum atomic E-state index is 6.15. The molecule has 4 heteroatoms. The Morgan fingerprint density at radius 3 is 2.75 bits per heavy atom. The van der Waals surface area contributed by atoms with E-state index in [-0.39, 0.29) is 6.04 Å². The van der Waals surface area contributed by atoms with E-state index in [1.807, 2.05) is 19.2 Å². The standard InChI is InChI=1S/C16H15ClINO/c1-19-16(14-7-13(17)4-5-15(14)18)10-2-3-11-8-20-9-12(11)6-10/h2-7,16,19H,8-9H2,1H3. The molecule has 1 aliphatic heterocycles. The molecule has 0 amide bonds. The van der Waals surface area contributed by atoms with Gasteiger partial charge >= 0.3 is 0 Å². The Morgan fingerprint density at radius 1 is 1.15 bits per heavy atom. The topological polar surface area (TPSA) is 21.3 Å². The van der Waals surface area contributed by atoms with E-state index in [0.29, 0.717) is 6.61 Å². The summed E-state index contributed by atoms with van der Waals surface area (Å²) in [5.41, 5.74) is 5.04. The largest absolute Gasteiger partial charge is 0.372 e. The molecule has 0 aromatic heterocycles. The maximum Gasteiger partial charge on any atom is 0.0725 e. The van der Waals surface area contributed by atoms with Crippen LogP contribution in [0.5, 0.6) is 0 Å². The molecule has 0 bridgehead atoms. The molecule has 1 aliphatic rings. The van der Waals surface area contributed by atoms with Crippen molar-refractivity contribution in [3.05, 3.63) is 67.2 Å². The van der Waals surface area contributed by atoms with Crippen LogP contribution in [-0.2, 0) is 18.0 Å². The van der Waals surface area contributed by atoms with Gasteiger partial charge in [-0.3, -0.25) is 0 Å². The molecule has 2 aromatic rings. The molecular weight excluding hydrogens is 385 g/mol. The Morgan fingerprint density at radius 2 is 1.95 bits per heavy atom. The number of fused-ring (bicyclic) bond motifs is 1. The molecule has 0 radical (unpaired) electrons. The van der Waals surface area contributed by atoms with Crippen molar-refractivity contribution in [2.75, 3.05) is 7.05 Å². The second kappa shape index (κ2) is 6.02. The molecule has 0 spiro atoms. The first-order valence-electron chi connectivity index (χ1n) is 6.50. The molecule has 0 fully saturated rings. The van der Waals surface area contributed by atoms with Crippen molar-refractivity contribution >= 4 is 34.2 Å². The van der Waals surface area contributed by atoms with Crippen molar-refractivity contribution in [2.24, 2.45) is 0 Å². The Labute approximate surface area is 137 Å². The van der Waals surface area contributed by atoms with Crippen molar-refractivity contribution in [1.29, 1.82) is 0 Å². The predicted molar refractivity (Wildman–Crippen MR) is 90.0 cm³/mol. The second-order valence-electron chi connectivity index (χ2n) is 4.91. The van der Waals surface area contributed by atoms with E-state index >= 15 is 0 Å². The van der Waals surface area contributed by atoms with Crippen LogP contribution in [0.25, 0.3) is 0 Å². The number of nitrogens with one attached hydrogen (secondary N) is 1. The Balaban J connectivity index is 2.03. The maximum absolute atomic E-state index is 6.15. The number of rotatable bonds is 3. The minimum atomic E-state index is 0.145. The average molecular weight is 400 g/mol. The Kier molecular flexibility index (Phi) is 4.31. The highest BCUT2D eigenvalue weighted by Gasteiger charge is 2.18. The van der Waals surface area contributed by atoms with Gasteiger partial charge in [0.1, 0.15) is 0 Å². The van der Waals surface area contributed by atoms with Crippen LogP contribution in [0.15, 0.2) is 36.4 Å². The molecule has 1 atom stereocenters. The molecular formula is C16H15ClINO. The van der Waals surface area contributed by atoms with E-state index in [4.69, 9.17) is 16.3 Å². The smallest absolute Gasteiger partial charge is 0.0725 e. The number of halogens is 2. The van der Waals surface area contributed by atoms with Crippen LogP contribution in [-0.4, -0.2) is 7.05 Å². The number of hydrogen-bond donors (Lipinski definition) is 1. The van der Waals surface area contributed by atoms with Crippen molar-refractivity contribution in [1.82, 2.24) is 5.32 Å². The Hall–Kier alpha value is -0.620. The molecule has 2 nitrogen and oxygen atoms in total. The van der Waals surface area contributed by atoms with Crippen LogP contribution in [0.1, 0.15) is 28.3 Å². The fourth-order valence-electron chi connectivity index (χ4n) is 2.61. The number of ether oxygens (including phenoxy) is 1. The minimum Gasteiger partial charge on any atom is -0.372 e. The van der Waals surface area contributed by atoms with Gasteiger partial charge in [-0.2, -0.15) is 0 Å². The van der Waals surface area contributed by atoms with Gasteiger partial charge in [-0.05, 0) is 70.1 Å². The summed E-state index contributed by atoms with van der Waals surface area (Å²) in [7, 11) is 1.98. The third kappa shape index (κ3) is 2.72. The molecule has 0 saturated heterocycles. The lowest BCUT2D eigenvalue weighted by molar-refractivity contribution is 0.134. The second-order valence-corrected chi connectivity index (χ2v) is 6.51. The van der Waals surface area contributed by atoms with Gasteiger partial charge in [0.05, 0.1) is 19.3 Å². The number of hydrogen-bond acceptors (Lipinski definition) is 2. The zero-order valence-corrected chi connectivity index (χ0v) is 14.0. The summed E-state index contributed by atoms with van der Waals surface area (Å²) in [4.78, 5) is 0. The molecule has 0 saturated carbocycles. The fourth-order valence-corrected chi connectivity index (χ4v) is 3.44. The van der Waals surface area contributed by atoms with E-state index in [0.717, 1.165) is 11.6 Å². The highest BCUT2D eigenvalue weighted by molar-refractivity contribution is 14.1. The lowest BCUT2D eigenvalue weighted by Gasteiger charge is -2.20. The molecule has 1 unspecified atom stereocenters. The summed E-state index contributed by atoms with van der Waals surface area (Å²) in [6.45, 7) is 1.45. The van der Waals surface area contributed by atoms with Crippen LogP contribution in [0.4, 0.5) is 0 Å². The van der Waals surface area contributed by atoms with E-state index in [1.165, 1.54) is 25.8 Å². The zero-order valence-electron chi connectivity index (χ0n) is 11.1. The third-order valence-electron chi connectivity index (χ3n) is 3.64. The molecule has 3 rings (SSSR count). The normalized spacial score (nSPS) is 15.2. The summed E-state index contributed by atoms with van der Waals surface area (Å²) in [5, 5.41) is 4.16. The molecule has 2 aromatic carbocycles. The monoisotopic (exact) mass is 399 g/mol. The lowest BCUT2D eigenvalue weighted by atomic mass is 9.96. The van der Waals surface area contributed by atoms with Crippen LogP contribution in [0.3, 0.4) is 0 Å². The van der Waals surface area contributed by atoms with E-state index in [9.17, 15) is 0 Å². The van der Waals surface area contributed by atoms with E-state index < -0.39 is 0 Å². The highest BCUT2D eigenvalue weighted by atomic mass is 127. The van der Waals surface area contributed by atoms with Gasteiger partial charge < -0.3 is 10.1 Å². The fraction of sp³-hybridized carbons (Fsp3) is 0.250. The van der Waals surface area contributed by atoms with Gasteiger partial charge in [0.15, 0.2) is 0 Å². The average Bonchev–Trinajstić information content (AvgIpc) is 2.91. The van der Waals surface area contributed by atoms with Crippen LogP contribution >= 0.6 is 34.2 Å². The van der Waals surface area contributed by atoms with Gasteiger partial charge in [0.2, 0.25) is 0 Å². The van der Waals surface area contributed by atoms with Crippen molar-refractivity contribution in [3.63, 3.8) is 0 Å². The molecule has 1 heterocycles. The first kappa shape index (κ1) is 14.3. The third-order valence-corrected chi connectivity index (χ3v) is 4.85. The summed E-state index contributed by atoms with van der Waals surface area (Å²) in [5.74, 6) is 0. The minimum absolute atomic E-state index is 0.145. The summed E-state index contributed by atoms with van der Waals surface area (Å²) in [6.07, 6.45) is 0. The van der Waals surface area contributed by atoms with Crippen LogP contribution in [0, 0.1) is 3.57 Å². The molecule has 104 valence electrons.